The second-order valence-electron chi connectivity index (χ2n) is 4.13. The summed E-state index contributed by atoms with van der Waals surface area (Å²) in [7, 11) is 1.65. The first-order valence-corrected chi connectivity index (χ1v) is 5.58. The Morgan fingerprint density at radius 3 is 2.73 bits per heavy atom. The van der Waals surface area contributed by atoms with Gasteiger partial charge < -0.3 is 10.5 Å². The molecule has 2 N–H and O–H groups in total. The van der Waals surface area contributed by atoms with Gasteiger partial charge in [-0.3, -0.25) is 0 Å². The maximum Gasteiger partial charge on any atom is 0.213 e. The van der Waals surface area contributed by atoms with Crippen LogP contribution in [0, 0.1) is 0 Å². The lowest BCUT2D eigenvalue weighted by molar-refractivity contribution is 0.394. The van der Waals surface area contributed by atoms with Crippen molar-refractivity contribution in [1.29, 1.82) is 0 Å². The largest absolute Gasteiger partial charge is 0.481 e. The Labute approximate surface area is 90.7 Å². The lowest BCUT2D eigenvalue weighted by Crippen LogP contribution is -2.03. The summed E-state index contributed by atoms with van der Waals surface area (Å²) in [6.45, 7) is 0.554. The minimum Gasteiger partial charge on any atom is -0.481 e. The zero-order valence-electron chi connectivity index (χ0n) is 9.20. The molecule has 0 aliphatic heterocycles. The van der Waals surface area contributed by atoms with Crippen molar-refractivity contribution in [2.75, 3.05) is 7.11 Å². The summed E-state index contributed by atoms with van der Waals surface area (Å²) < 4.78 is 5.19. The van der Waals surface area contributed by atoms with Crippen LogP contribution in [-0.4, -0.2) is 12.1 Å². The van der Waals surface area contributed by atoms with Crippen molar-refractivity contribution in [3.05, 3.63) is 23.4 Å². The third-order valence-corrected chi connectivity index (χ3v) is 3.10. The van der Waals surface area contributed by atoms with Gasteiger partial charge in [-0.05, 0) is 24.5 Å². The van der Waals surface area contributed by atoms with Crippen LogP contribution in [0.2, 0.25) is 0 Å². The molecule has 3 heteroatoms. The second kappa shape index (κ2) is 4.62. The monoisotopic (exact) mass is 206 g/mol. The molecule has 0 atom stereocenters. The van der Waals surface area contributed by atoms with Gasteiger partial charge in [0.1, 0.15) is 0 Å². The molecule has 3 nitrogen and oxygen atoms in total. The van der Waals surface area contributed by atoms with Gasteiger partial charge >= 0.3 is 0 Å². The number of pyridine rings is 1. The fourth-order valence-corrected chi connectivity index (χ4v) is 2.24. The molecule has 1 saturated carbocycles. The summed E-state index contributed by atoms with van der Waals surface area (Å²) in [5.74, 6) is 1.31. The molecule has 0 unspecified atom stereocenters. The summed E-state index contributed by atoms with van der Waals surface area (Å²) in [5.41, 5.74) is 7.93. The van der Waals surface area contributed by atoms with E-state index in [-0.39, 0.29) is 0 Å². The van der Waals surface area contributed by atoms with E-state index < -0.39 is 0 Å². The summed E-state index contributed by atoms with van der Waals surface area (Å²) in [6.07, 6.45) is 5.15. The SMILES string of the molecule is COc1cc(CN)cc(C2CCCC2)n1. The number of nitrogens with zero attached hydrogens (tertiary/aromatic N) is 1. The summed E-state index contributed by atoms with van der Waals surface area (Å²) in [6, 6.07) is 4.04. The Morgan fingerprint density at radius 1 is 1.40 bits per heavy atom. The van der Waals surface area contributed by atoms with E-state index in [2.05, 4.69) is 11.1 Å². The normalized spacial score (nSPS) is 16.9. The zero-order chi connectivity index (χ0) is 10.7. The van der Waals surface area contributed by atoms with Gasteiger partial charge in [0.2, 0.25) is 5.88 Å². The molecule has 82 valence electrons. The minimum atomic E-state index is 0.554. The van der Waals surface area contributed by atoms with Crippen molar-refractivity contribution >= 4 is 0 Å². The molecule has 15 heavy (non-hydrogen) atoms. The van der Waals surface area contributed by atoms with Crippen LogP contribution < -0.4 is 10.5 Å². The molecule has 1 aliphatic carbocycles. The van der Waals surface area contributed by atoms with Crippen molar-refractivity contribution in [3.63, 3.8) is 0 Å². The number of nitrogens with two attached hydrogens (primary N) is 1. The predicted molar refractivity (Wildman–Crippen MR) is 59.9 cm³/mol. The quantitative estimate of drug-likeness (QED) is 0.824. The molecule has 1 aromatic heterocycles. The Morgan fingerprint density at radius 2 is 2.13 bits per heavy atom. The molecule has 0 amide bonds. The molecule has 1 aliphatic rings. The Hall–Kier alpha value is -1.09. The maximum atomic E-state index is 5.66. The average Bonchev–Trinajstić information content (AvgIpc) is 2.81. The third-order valence-electron chi connectivity index (χ3n) is 3.10. The van der Waals surface area contributed by atoms with Gasteiger partial charge in [-0.25, -0.2) is 4.98 Å². The van der Waals surface area contributed by atoms with Gasteiger partial charge in [-0.1, -0.05) is 12.8 Å². The van der Waals surface area contributed by atoms with Crippen LogP contribution in [0.15, 0.2) is 12.1 Å². The van der Waals surface area contributed by atoms with Crippen LogP contribution in [0.25, 0.3) is 0 Å². The lowest BCUT2D eigenvalue weighted by atomic mass is 10.0. The molecular weight excluding hydrogens is 188 g/mol. The Bertz CT molecular complexity index is 310. The highest BCUT2D eigenvalue weighted by Gasteiger charge is 2.19. The van der Waals surface area contributed by atoms with Gasteiger partial charge in [0.25, 0.3) is 0 Å². The number of aromatic nitrogens is 1. The molecule has 0 aromatic carbocycles. The predicted octanol–water partition coefficient (Wildman–Crippen LogP) is 2.21. The fraction of sp³-hybridized carbons (Fsp3) is 0.583. The third kappa shape index (κ3) is 2.29. The van der Waals surface area contributed by atoms with Crippen molar-refractivity contribution in [3.8, 4) is 5.88 Å². The molecule has 0 bridgehead atoms. The standard InChI is InChI=1S/C12H18N2O/c1-15-12-7-9(8-13)6-11(14-12)10-4-2-3-5-10/h6-7,10H,2-5,8,13H2,1H3. The molecule has 0 saturated heterocycles. The van der Waals surface area contributed by atoms with Crippen molar-refractivity contribution in [2.24, 2.45) is 5.73 Å². The number of rotatable bonds is 3. The van der Waals surface area contributed by atoms with Crippen LogP contribution in [-0.2, 0) is 6.54 Å². The molecule has 1 heterocycles. The van der Waals surface area contributed by atoms with E-state index in [0.29, 0.717) is 18.3 Å². The lowest BCUT2D eigenvalue weighted by Gasteiger charge is -2.11. The first-order valence-electron chi connectivity index (χ1n) is 5.58. The summed E-state index contributed by atoms with van der Waals surface area (Å²) in [4.78, 5) is 4.50. The van der Waals surface area contributed by atoms with Gasteiger partial charge in [0, 0.05) is 24.2 Å². The van der Waals surface area contributed by atoms with Crippen LogP contribution in [0.3, 0.4) is 0 Å². The first-order chi connectivity index (χ1) is 7.33. The summed E-state index contributed by atoms with van der Waals surface area (Å²) in [5, 5.41) is 0. The van der Waals surface area contributed by atoms with E-state index in [0.717, 1.165) is 11.3 Å². The van der Waals surface area contributed by atoms with E-state index >= 15 is 0 Å². The molecule has 0 radical (unpaired) electrons. The van der Waals surface area contributed by atoms with Gasteiger partial charge in [0.15, 0.2) is 0 Å². The van der Waals surface area contributed by atoms with Crippen molar-refractivity contribution < 1.29 is 4.74 Å². The first kappa shape index (κ1) is 10.4. The second-order valence-corrected chi connectivity index (χ2v) is 4.13. The Balaban J connectivity index is 2.28. The molecule has 2 rings (SSSR count). The Kier molecular flexibility index (Phi) is 3.21. The van der Waals surface area contributed by atoms with Gasteiger partial charge in [-0.2, -0.15) is 0 Å². The average molecular weight is 206 g/mol. The maximum absolute atomic E-state index is 5.66. The van der Waals surface area contributed by atoms with Gasteiger partial charge in [-0.15, -0.1) is 0 Å². The van der Waals surface area contributed by atoms with Crippen LogP contribution >= 0.6 is 0 Å². The van der Waals surface area contributed by atoms with Crippen LogP contribution in [0.1, 0.15) is 42.9 Å². The van der Waals surface area contributed by atoms with Crippen LogP contribution in [0.4, 0.5) is 0 Å². The number of methoxy groups -OCH3 is 1. The van der Waals surface area contributed by atoms with E-state index in [4.69, 9.17) is 10.5 Å². The fourth-order valence-electron chi connectivity index (χ4n) is 2.24. The highest BCUT2D eigenvalue weighted by Crippen LogP contribution is 2.34. The highest BCUT2D eigenvalue weighted by molar-refractivity contribution is 5.27. The molecule has 0 spiro atoms. The molecule has 1 fully saturated rings. The van der Waals surface area contributed by atoms with Crippen LogP contribution in [0.5, 0.6) is 5.88 Å². The smallest absolute Gasteiger partial charge is 0.213 e. The zero-order valence-corrected chi connectivity index (χ0v) is 9.20. The minimum absolute atomic E-state index is 0.554. The van der Waals surface area contributed by atoms with E-state index in [1.54, 1.807) is 7.11 Å². The van der Waals surface area contributed by atoms with E-state index in [1.165, 1.54) is 25.7 Å². The van der Waals surface area contributed by atoms with E-state index in [1.807, 2.05) is 6.07 Å². The van der Waals surface area contributed by atoms with Crippen molar-refractivity contribution in [1.82, 2.24) is 4.98 Å². The number of hydrogen-bond donors (Lipinski definition) is 1. The number of hydrogen-bond acceptors (Lipinski definition) is 3. The molecule has 1 aromatic rings. The summed E-state index contributed by atoms with van der Waals surface area (Å²) >= 11 is 0. The van der Waals surface area contributed by atoms with E-state index in [9.17, 15) is 0 Å². The highest BCUT2D eigenvalue weighted by atomic mass is 16.5. The van der Waals surface area contributed by atoms with Crippen molar-refractivity contribution in [2.45, 2.75) is 38.1 Å². The topological polar surface area (TPSA) is 48.1 Å². The van der Waals surface area contributed by atoms with Gasteiger partial charge in [0.05, 0.1) is 7.11 Å². The molecular formula is C12H18N2O. The number of ether oxygens (including phenoxy) is 1.